The molecule has 1 N–H and O–H groups in total. The highest BCUT2D eigenvalue weighted by molar-refractivity contribution is 6.02. The quantitative estimate of drug-likeness (QED) is 0.740. The second-order valence-corrected chi connectivity index (χ2v) is 4.34. The van der Waals surface area contributed by atoms with E-state index in [1.165, 1.54) is 6.39 Å². The molecule has 0 aliphatic heterocycles. The number of nitrogens with one attached hydrogen (secondary N) is 1. The van der Waals surface area contributed by atoms with E-state index < -0.39 is 18.5 Å². The molecule has 0 saturated heterocycles. The summed E-state index contributed by atoms with van der Waals surface area (Å²) < 4.78 is 10.1. The Labute approximate surface area is 124 Å². The molecule has 0 atom stereocenters. The van der Waals surface area contributed by atoms with Gasteiger partial charge in [0.1, 0.15) is 11.3 Å². The van der Waals surface area contributed by atoms with Crippen molar-refractivity contribution in [3.8, 4) is 0 Å². The average Bonchev–Trinajstić information content (AvgIpc) is 3.02. The van der Waals surface area contributed by atoms with E-state index >= 15 is 0 Å². The molecule has 2 heterocycles. The van der Waals surface area contributed by atoms with Crippen LogP contribution in [0.15, 0.2) is 53.4 Å². The molecule has 110 valence electrons. The lowest BCUT2D eigenvalue weighted by atomic mass is 10.2. The zero-order valence-corrected chi connectivity index (χ0v) is 11.4. The van der Waals surface area contributed by atoms with Gasteiger partial charge in [0.25, 0.3) is 5.91 Å². The van der Waals surface area contributed by atoms with Crippen molar-refractivity contribution in [2.45, 2.75) is 0 Å². The summed E-state index contributed by atoms with van der Waals surface area (Å²) in [5, 5.41) is 2.52. The number of rotatable bonds is 4. The minimum atomic E-state index is -0.643. The maximum Gasteiger partial charge on any atom is 0.340 e. The van der Waals surface area contributed by atoms with Crippen LogP contribution < -0.4 is 5.32 Å². The van der Waals surface area contributed by atoms with Crippen LogP contribution >= 0.6 is 0 Å². The number of ether oxygens (including phenoxy) is 1. The van der Waals surface area contributed by atoms with Crippen LogP contribution in [0.4, 0.5) is 5.82 Å². The summed E-state index contributed by atoms with van der Waals surface area (Å²) in [6, 6.07) is 10.00. The number of pyridine rings is 1. The number of hydrogen-bond donors (Lipinski definition) is 1. The number of anilines is 1. The molecule has 0 unspecified atom stereocenters. The predicted molar refractivity (Wildman–Crippen MR) is 77.2 cm³/mol. The lowest BCUT2D eigenvalue weighted by Gasteiger charge is -2.06. The fraction of sp³-hybridized carbons (Fsp3) is 0.0667. The molecule has 1 aromatic carbocycles. The highest BCUT2D eigenvalue weighted by atomic mass is 16.5. The van der Waals surface area contributed by atoms with Crippen molar-refractivity contribution >= 4 is 28.8 Å². The average molecular weight is 297 g/mol. The molecule has 0 aliphatic carbocycles. The maximum atomic E-state index is 12.0. The minimum Gasteiger partial charge on any atom is -0.452 e. The third-order valence-corrected chi connectivity index (χ3v) is 2.85. The third-order valence-electron chi connectivity index (χ3n) is 2.85. The predicted octanol–water partition coefficient (Wildman–Crippen LogP) is 2.02. The van der Waals surface area contributed by atoms with E-state index in [9.17, 15) is 9.59 Å². The Morgan fingerprint density at radius 3 is 2.86 bits per heavy atom. The van der Waals surface area contributed by atoms with Crippen LogP contribution in [0.5, 0.6) is 0 Å². The van der Waals surface area contributed by atoms with E-state index in [2.05, 4.69) is 15.3 Å². The van der Waals surface area contributed by atoms with Gasteiger partial charge in [-0.05, 0) is 24.3 Å². The Morgan fingerprint density at radius 1 is 1.14 bits per heavy atom. The zero-order valence-electron chi connectivity index (χ0n) is 11.4. The van der Waals surface area contributed by atoms with Gasteiger partial charge in [0.05, 0.1) is 5.56 Å². The number of nitrogens with zero attached hydrogens (tertiary/aromatic N) is 2. The number of esters is 1. The number of para-hydroxylation sites is 1. The number of amides is 1. The van der Waals surface area contributed by atoms with E-state index in [4.69, 9.17) is 9.15 Å². The van der Waals surface area contributed by atoms with Gasteiger partial charge in [-0.3, -0.25) is 4.79 Å². The van der Waals surface area contributed by atoms with Gasteiger partial charge in [0, 0.05) is 6.20 Å². The number of hydrogen-bond acceptors (Lipinski definition) is 6. The molecule has 0 radical (unpaired) electrons. The minimum absolute atomic E-state index is 0.247. The fourth-order valence-electron chi connectivity index (χ4n) is 1.88. The van der Waals surface area contributed by atoms with E-state index in [1.54, 1.807) is 42.6 Å². The SMILES string of the molecule is O=C(COC(=O)c1cccc2ocnc12)Nc1ccccn1. The van der Waals surface area contributed by atoms with Crippen LogP contribution in [0, 0.1) is 0 Å². The Kier molecular flexibility index (Phi) is 3.78. The molecule has 7 heteroatoms. The number of benzene rings is 1. The smallest absolute Gasteiger partial charge is 0.340 e. The van der Waals surface area contributed by atoms with Gasteiger partial charge in [0.2, 0.25) is 0 Å². The van der Waals surface area contributed by atoms with Crippen molar-refractivity contribution in [1.82, 2.24) is 9.97 Å². The number of carbonyl (C=O) groups is 2. The molecule has 3 aromatic rings. The van der Waals surface area contributed by atoms with Crippen molar-refractivity contribution in [2.24, 2.45) is 0 Å². The molecular weight excluding hydrogens is 286 g/mol. The first-order valence-electron chi connectivity index (χ1n) is 6.44. The molecule has 2 aromatic heterocycles. The molecule has 22 heavy (non-hydrogen) atoms. The molecule has 0 saturated carbocycles. The number of carbonyl (C=O) groups excluding carboxylic acids is 2. The summed E-state index contributed by atoms with van der Waals surface area (Å²) in [4.78, 5) is 31.6. The van der Waals surface area contributed by atoms with E-state index in [0.717, 1.165) is 0 Å². The van der Waals surface area contributed by atoms with Gasteiger partial charge in [0.15, 0.2) is 18.6 Å². The van der Waals surface area contributed by atoms with Crippen LogP contribution in [-0.4, -0.2) is 28.5 Å². The summed E-state index contributed by atoms with van der Waals surface area (Å²) in [6.07, 6.45) is 2.79. The summed E-state index contributed by atoms with van der Waals surface area (Å²) >= 11 is 0. The normalized spacial score (nSPS) is 10.4. The van der Waals surface area contributed by atoms with Crippen LogP contribution in [-0.2, 0) is 9.53 Å². The Morgan fingerprint density at radius 2 is 2.05 bits per heavy atom. The van der Waals surface area contributed by atoms with Crippen molar-refractivity contribution in [3.05, 3.63) is 54.6 Å². The first-order chi connectivity index (χ1) is 10.7. The molecule has 3 rings (SSSR count). The zero-order chi connectivity index (χ0) is 15.4. The number of oxazole rings is 1. The topological polar surface area (TPSA) is 94.3 Å². The van der Waals surface area contributed by atoms with E-state index in [-0.39, 0.29) is 5.56 Å². The molecule has 0 fully saturated rings. The Hall–Kier alpha value is -3.22. The summed E-state index contributed by atoms with van der Waals surface area (Å²) in [7, 11) is 0. The summed E-state index contributed by atoms with van der Waals surface area (Å²) in [5.74, 6) is -0.725. The lowest BCUT2D eigenvalue weighted by molar-refractivity contribution is -0.119. The van der Waals surface area contributed by atoms with Crippen molar-refractivity contribution in [3.63, 3.8) is 0 Å². The molecule has 0 spiro atoms. The molecule has 0 aliphatic rings. The monoisotopic (exact) mass is 297 g/mol. The second kappa shape index (κ2) is 6.04. The van der Waals surface area contributed by atoms with Gasteiger partial charge in [-0.15, -0.1) is 0 Å². The molecule has 1 amide bonds. The Bertz CT molecular complexity index is 814. The van der Waals surface area contributed by atoms with Gasteiger partial charge in [-0.1, -0.05) is 12.1 Å². The Balaban J connectivity index is 1.63. The molecule has 7 nitrogen and oxygen atoms in total. The number of aromatic nitrogens is 2. The van der Waals surface area contributed by atoms with Crippen LogP contribution in [0.2, 0.25) is 0 Å². The van der Waals surface area contributed by atoms with Gasteiger partial charge in [-0.25, -0.2) is 14.8 Å². The van der Waals surface area contributed by atoms with E-state index in [1.807, 2.05) is 0 Å². The van der Waals surface area contributed by atoms with Crippen LogP contribution in [0.1, 0.15) is 10.4 Å². The highest BCUT2D eigenvalue weighted by Gasteiger charge is 2.15. The first-order valence-corrected chi connectivity index (χ1v) is 6.44. The third kappa shape index (κ3) is 2.93. The first kappa shape index (κ1) is 13.7. The summed E-state index contributed by atoms with van der Waals surface area (Å²) in [5.41, 5.74) is 1.13. The molecular formula is C15H11N3O4. The van der Waals surface area contributed by atoms with Crippen molar-refractivity contribution in [2.75, 3.05) is 11.9 Å². The molecule has 0 bridgehead atoms. The van der Waals surface area contributed by atoms with Gasteiger partial charge >= 0.3 is 5.97 Å². The maximum absolute atomic E-state index is 12.0. The fourth-order valence-corrected chi connectivity index (χ4v) is 1.88. The standard InChI is InChI=1S/C15H11N3O4/c19-13(18-12-6-1-2-7-16-12)8-21-15(20)10-4-3-5-11-14(10)17-9-22-11/h1-7,9H,8H2,(H,16,18,19). The van der Waals surface area contributed by atoms with Crippen molar-refractivity contribution < 1.29 is 18.7 Å². The van der Waals surface area contributed by atoms with Crippen LogP contribution in [0.3, 0.4) is 0 Å². The van der Waals surface area contributed by atoms with Gasteiger partial charge in [-0.2, -0.15) is 0 Å². The number of fused-ring (bicyclic) bond motifs is 1. The second-order valence-electron chi connectivity index (χ2n) is 4.34. The van der Waals surface area contributed by atoms with Crippen LogP contribution in [0.25, 0.3) is 11.1 Å². The van der Waals surface area contributed by atoms with Crippen molar-refractivity contribution in [1.29, 1.82) is 0 Å². The van der Waals surface area contributed by atoms with Gasteiger partial charge < -0.3 is 14.5 Å². The largest absolute Gasteiger partial charge is 0.452 e. The summed E-state index contributed by atoms with van der Waals surface area (Å²) in [6.45, 7) is -0.413. The highest BCUT2D eigenvalue weighted by Crippen LogP contribution is 2.17. The van der Waals surface area contributed by atoms with E-state index in [0.29, 0.717) is 16.9 Å². The lowest BCUT2D eigenvalue weighted by Crippen LogP contribution is -2.21.